The molecule has 1 heterocycles. The first kappa shape index (κ1) is 13.6. The number of anilines is 1. The van der Waals surface area contributed by atoms with E-state index in [-0.39, 0.29) is 5.69 Å². The fourth-order valence-electron chi connectivity index (χ4n) is 1.58. The molecule has 1 N–H and O–H groups in total. The molecular weight excluding hydrogens is 288 g/mol. The largest absolute Gasteiger partial charge is 0.495 e. The predicted molar refractivity (Wildman–Crippen MR) is 76.3 cm³/mol. The Morgan fingerprint density at radius 1 is 1.47 bits per heavy atom. The molecule has 0 fully saturated rings. The minimum absolute atomic E-state index is 0.0208. The molecule has 2 rings (SSSR count). The topological polar surface area (TPSA) is 64.4 Å². The number of nitrogens with zero attached hydrogens (tertiary/aromatic N) is 1. The van der Waals surface area contributed by atoms with Gasteiger partial charge in [0, 0.05) is 28.9 Å². The van der Waals surface area contributed by atoms with Crippen LogP contribution in [0.2, 0.25) is 5.02 Å². The fraction of sp³-hybridized carbons (Fsp3) is 0.167. The molecule has 0 saturated heterocycles. The van der Waals surface area contributed by atoms with Crippen molar-refractivity contribution < 1.29 is 9.66 Å². The van der Waals surface area contributed by atoms with Gasteiger partial charge in [-0.25, -0.2) is 0 Å². The summed E-state index contributed by atoms with van der Waals surface area (Å²) in [6, 6.07) is 6.28. The molecule has 5 nitrogen and oxygen atoms in total. The number of hydrogen-bond acceptors (Lipinski definition) is 5. The normalized spacial score (nSPS) is 10.2. The van der Waals surface area contributed by atoms with Crippen molar-refractivity contribution >= 4 is 34.3 Å². The second-order valence-corrected chi connectivity index (χ2v) is 5.16. The maximum absolute atomic E-state index is 10.8. The van der Waals surface area contributed by atoms with Crippen LogP contribution in [0.25, 0.3) is 0 Å². The minimum Gasteiger partial charge on any atom is -0.495 e. The van der Waals surface area contributed by atoms with Gasteiger partial charge in [-0.3, -0.25) is 10.1 Å². The second-order valence-electron chi connectivity index (χ2n) is 3.73. The number of methoxy groups -OCH3 is 1. The zero-order valence-corrected chi connectivity index (χ0v) is 11.6. The first-order valence-electron chi connectivity index (χ1n) is 5.39. The number of ether oxygens (including phenoxy) is 1. The third kappa shape index (κ3) is 3.36. The van der Waals surface area contributed by atoms with Crippen LogP contribution in [0.15, 0.2) is 29.6 Å². The lowest BCUT2D eigenvalue weighted by Crippen LogP contribution is -2.01. The highest BCUT2D eigenvalue weighted by molar-refractivity contribution is 7.10. The van der Waals surface area contributed by atoms with Gasteiger partial charge in [-0.15, -0.1) is 11.3 Å². The number of nitrogens with one attached hydrogen (secondary N) is 1. The van der Waals surface area contributed by atoms with Crippen LogP contribution in [0.4, 0.5) is 11.4 Å². The Morgan fingerprint density at radius 3 is 2.84 bits per heavy atom. The molecule has 0 saturated carbocycles. The summed E-state index contributed by atoms with van der Waals surface area (Å²) < 4.78 is 5.17. The molecule has 0 unspecified atom stereocenters. The van der Waals surface area contributed by atoms with Gasteiger partial charge in [0.25, 0.3) is 5.69 Å². The number of hydrogen-bond donors (Lipinski definition) is 1. The molecule has 0 aliphatic carbocycles. The van der Waals surface area contributed by atoms with Crippen molar-refractivity contribution in [2.75, 3.05) is 12.4 Å². The highest BCUT2D eigenvalue weighted by Crippen LogP contribution is 2.30. The zero-order chi connectivity index (χ0) is 13.8. The first-order valence-corrected chi connectivity index (χ1v) is 6.65. The van der Waals surface area contributed by atoms with Crippen molar-refractivity contribution in [3.63, 3.8) is 0 Å². The molecule has 0 aliphatic heterocycles. The van der Waals surface area contributed by atoms with Crippen LogP contribution in [0.3, 0.4) is 0 Å². The number of thiophene rings is 1. The number of nitro benzene ring substituents is 1. The van der Waals surface area contributed by atoms with E-state index >= 15 is 0 Å². The molecular formula is C12H11ClN2O3S. The quantitative estimate of drug-likeness (QED) is 0.671. The number of rotatable bonds is 5. The standard InChI is InChI=1S/C12H11ClN2O3S/c1-18-12-3-2-9(15(16)17)5-11(12)14-6-10-4-8(13)7-19-10/h2-5,7,14H,6H2,1H3. The maximum atomic E-state index is 10.8. The van der Waals surface area contributed by atoms with E-state index in [9.17, 15) is 10.1 Å². The zero-order valence-electron chi connectivity index (χ0n) is 10.1. The van der Waals surface area contributed by atoms with Crippen molar-refractivity contribution in [2.24, 2.45) is 0 Å². The Labute approximate surface area is 118 Å². The van der Waals surface area contributed by atoms with Crippen LogP contribution in [0.5, 0.6) is 5.75 Å². The first-order chi connectivity index (χ1) is 9.10. The van der Waals surface area contributed by atoms with Crippen molar-refractivity contribution in [3.05, 3.63) is 49.7 Å². The van der Waals surface area contributed by atoms with E-state index in [2.05, 4.69) is 5.32 Å². The molecule has 0 spiro atoms. The van der Waals surface area contributed by atoms with E-state index < -0.39 is 4.92 Å². The summed E-state index contributed by atoms with van der Waals surface area (Å²) >= 11 is 7.36. The molecule has 0 amide bonds. The third-order valence-corrected chi connectivity index (χ3v) is 3.75. The van der Waals surface area contributed by atoms with E-state index in [1.807, 2.05) is 11.4 Å². The fourth-order valence-corrected chi connectivity index (χ4v) is 2.59. The summed E-state index contributed by atoms with van der Waals surface area (Å²) in [5.74, 6) is 0.563. The number of halogens is 1. The second kappa shape index (κ2) is 5.90. The molecule has 0 radical (unpaired) electrons. The molecule has 0 aliphatic rings. The van der Waals surface area contributed by atoms with Crippen LogP contribution >= 0.6 is 22.9 Å². The smallest absolute Gasteiger partial charge is 0.271 e. The summed E-state index contributed by atoms with van der Waals surface area (Å²) in [5.41, 5.74) is 0.605. The minimum atomic E-state index is -0.438. The summed E-state index contributed by atoms with van der Waals surface area (Å²) in [6.45, 7) is 0.537. The van der Waals surface area contributed by atoms with E-state index in [1.54, 1.807) is 6.07 Å². The lowest BCUT2D eigenvalue weighted by atomic mass is 10.2. The molecule has 100 valence electrons. The number of benzene rings is 1. The molecule has 2 aromatic rings. The van der Waals surface area contributed by atoms with Crippen LogP contribution in [0, 0.1) is 10.1 Å². The summed E-state index contributed by atoms with van der Waals surface area (Å²) in [7, 11) is 1.52. The van der Waals surface area contributed by atoms with Crippen LogP contribution < -0.4 is 10.1 Å². The molecule has 0 atom stereocenters. The average molecular weight is 299 g/mol. The Bertz CT molecular complexity index is 600. The van der Waals surface area contributed by atoms with Crippen LogP contribution in [-0.4, -0.2) is 12.0 Å². The lowest BCUT2D eigenvalue weighted by Gasteiger charge is -2.10. The summed E-state index contributed by atoms with van der Waals surface area (Å²) in [4.78, 5) is 11.4. The SMILES string of the molecule is COc1ccc([N+](=O)[O-])cc1NCc1cc(Cl)cs1. The van der Waals surface area contributed by atoms with Crippen LogP contribution in [0.1, 0.15) is 4.88 Å². The highest BCUT2D eigenvalue weighted by Gasteiger charge is 2.11. The van der Waals surface area contributed by atoms with Gasteiger partial charge in [0.2, 0.25) is 0 Å². The number of non-ortho nitro benzene ring substituents is 1. The van der Waals surface area contributed by atoms with Crippen molar-refractivity contribution in [3.8, 4) is 5.75 Å². The monoisotopic (exact) mass is 298 g/mol. The summed E-state index contributed by atoms with van der Waals surface area (Å²) in [5, 5.41) is 16.4. The highest BCUT2D eigenvalue weighted by atomic mass is 35.5. The molecule has 1 aromatic heterocycles. The van der Waals surface area contributed by atoms with Gasteiger partial charge in [-0.1, -0.05) is 11.6 Å². The Kier molecular flexibility index (Phi) is 4.24. The molecule has 1 aromatic carbocycles. The van der Waals surface area contributed by atoms with Gasteiger partial charge in [0.05, 0.1) is 22.7 Å². The van der Waals surface area contributed by atoms with E-state index in [4.69, 9.17) is 16.3 Å². The van der Waals surface area contributed by atoms with E-state index in [0.717, 1.165) is 4.88 Å². The van der Waals surface area contributed by atoms with E-state index in [0.29, 0.717) is 23.0 Å². The van der Waals surface area contributed by atoms with Crippen molar-refractivity contribution in [1.29, 1.82) is 0 Å². The number of nitro groups is 1. The van der Waals surface area contributed by atoms with Gasteiger partial charge in [-0.2, -0.15) is 0 Å². The predicted octanol–water partition coefficient (Wildman–Crippen LogP) is 3.93. The molecule has 19 heavy (non-hydrogen) atoms. The van der Waals surface area contributed by atoms with Crippen molar-refractivity contribution in [2.45, 2.75) is 6.54 Å². The molecule has 7 heteroatoms. The van der Waals surface area contributed by atoms with Gasteiger partial charge in [-0.05, 0) is 12.1 Å². The van der Waals surface area contributed by atoms with Gasteiger partial charge in [0.1, 0.15) is 5.75 Å². The molecule has 0 bridgehead atoms. The summed E-state index contributed by atoms with van der Waals surface area (Å²) in [6.07, 6.45) is 0. The van der Waals surface area contributed by atoms with Crippen molar-refractivity contribution in [1.82, 2.24) is 0 Å². The van der Waals surface area contributed by atoms with Gasteiger partial charge < -0.3 is 10.1 Å². The van der Waals surface area contributed by atoms with Gasteiger partial charge >= 0.3 is 0 Å². The van der Waals surface area contributed by atoms with Crippen LogP contribution in [-0.2, 0) is 6.54 Å². The lowest BCUT2D eigenvalue weighted by molar-refractivity contribution is -0.384. The Balaban J connectivity index is 2.17. The average Bonchev–Trinajstić information content (AvgIpc) is 2.81. The van der Waals surface area contributed by atoms with Gasteiger partial charge in [0.15, 0.2) is 0 Å². The maximum Gasteiger partial charge on any atom is 0.271 e. The third-order valence-electron chi connectivity index (χ3n) is 2.47. The Morgan fingerprint density at radius 2 is 2.26 bits per heavy atom. The Hall–Kier alpha value is -1.79. The van der Waals surface area contributed by atoms with E-state index in [1.165, 1.54) is 30.6 Å².